The van der Waals surface area contributed by atoms with Crippen LogP contribution in [0.4, 0.5) is 0 Å². The van der Waals surface area contributed by atoms with Gasteiger partial charge in [-0.3, -0.25) is 0 Å². The first-order valence-electron chi connectivity index (χ1n) is 47.9. The molecule has 8 fully saturated rings. The molecule has 21 heterocycles. The van der Waals surface area contributed by atoms with Gasteiger partial charge < -0.3 is 39.4 Å². The fourth-order valence-electron chi connectivity index (χ4n) is 29.0. The van der Waals surface area contributed by atoms with Crippen molar-refractivity contribution in [2.24, 2.45) is 69.0 Å². The Kier molecular flexibility index (Phi) is 20.1. The number of aryl methyl sites for hydroxylation is 4. The molecule has 6 aromatic carbocycles. The Balaban J connectivity index is 0.463. The Hall–Kier alpha value is -10.8. The van der Waals surface area contributed by atoms with Crippen LogP contribution in [0.15, 0.2) is 146 Å². The molecule has 29 aliphatic rings. The molecule has 0 spiro atoms. The third-order valence-electron chi connectivity index (χ3n) is 36.1. The fraction of sp³-hybridized carbons (Fsp3) is 0.519. The van der Waals surface area contributed by atoms with Crippen LogP contribution in [0, 0.1) is 116 Å². The van der Waals surface area contributed by atoms with Gasteiger partial charge in [-0.25, -0.2) is 18.7 Å². The van der Waals surface area contributed by atoms with Gasteiger partial charge in [0.15, 0.2) is 0 Å². The van der Waals surface area contributed by atoms with Gasteiger partial charge in [-0.05, 0) is 364 Å². The summed E-state index contributed by atoms with van der Waals surface area (Å²) in [4.78, 5) is 0. The molecule has 12 aliphatic carbocycles. The smallest absolute Gasteiger partial charge is 0.134 e. The molecule has 20 atom stereocenters. The van der Waals surface area contributed by atoms with Crippen LogP contribution in [0.3, 0.4) is 0 Å². The first-order chi connectivity index (χ1) is 62.2. The molecule has 4 aromatic heterocycles. The molecule has 39 rings (SSSR count). The van der Waals surface area contributed by atoms with Gasteiger partial charge >= 0.3 is 0 Å². The first kappa shape index (κ1) is 81.6. The Morgan fingerprint density at radius 1 is 0.289 bits per heavy atom. The maximum Gasteiger partial charge on any atom is 0.134 e. The zero-order chi connectivity index (χ0) is 86.5. The summed E-state index contributed by atoms with van der Waals surface area (Å²) in [6.07, 6.45) is 29.8. The van der Waals surface area contributed by atoms with Crippen molar-refractivity contribution in [3.8, 4) is 70.4 Å². The van der Waals surface area contributed by atoms with Crippen molar-refractivity contribution in [2.45, 2.75) is 280 Å². The molecule has 40 bridgehead atoms. The molecule has 656 valence electrons. The third-order valence-corrected chi connectivity index (χ3v) is 36.1. The van der Waals surface area contributed by atoms with E-state index in [9.17, 15) is 20.4 Å². The lowest BCUT2D eigenvalue weighted by Crippen LogP contribution is -2.50. The van der Waals surface area contributed by atoms with Crippen molar-refractivity contribution in [1.29, 1.82) is 0 Å². The van der Waals surface area contributed by atoms with Gasteiger partial charge in [-0.2, -0.15) is 0 Å². The SMILES string of the molecule is C[C@]12CC[C@@H]3c4ccc5cc4CC[C@H]3[C@@H]1CC[C@@]2(O)C#CC#C[C@]1(O)CC[C@H]2[C@@H]3CCc4cc(ccc4[C@H]3CC[C@@]21C)OCc1cn(nn1)Cc1ccccc1Cn1cc(nn1)COc1ccc2c(c1)CC[C@@H]1[C@@H]2CC[C@@]2(C)[C@H]1CC[C@@]2(O)C#CC#C[C@]1(O)CC[C@H]2[C@@H]3CCc4cc(ccc4[C@H]3CC[C@@]21C)OCc1cn(nn1)Cc1ccccc1Cn1cc(nn1)CO5. The van der Waals surface area contributed by atoms with E-state index in [1.807, 2.05) is 43.5 Å². The molecule has 17 aliphatic heterocycles. The molecular weight excluding hydrogens is 1590 g/mol. The highest BCUT2D eigenvalue weighted by Crippen LogP contribution is 2.69. The lowest BCUT2D eigenvalue weighted by Gasteiger charge is -2.52. The van der Waals surface area contributed by atoms with Gasteiger partial charge in [0.25, 0.3) is 0 Å². The quantitative estimate of drug-likeness (QED) is 0.103. The molecule has 10 aromatic rings. The molecule has 20 heteroatoms. The van der Waals surface area contributed by atoms with Gasteiger partial charge in [0.05, 0.1) is 51.0 Å². The monoisotopic (exact) mass is 1710 g/mol. The molecule has 0 saturated heterocycles. The van der Waals surface area contributed by atoms with Crippen LogP contribution in [-0.2, 0) is 78.3 Å². The van der Waals surface area contributed by atoms with E-state index in [1.54, 1.807) is 0 Å². The number of benzene rings is 6. The number of nitrogens with zero attached hydrogens (tertiary/aromatic N) is 12. The number of fused-ring (bicyclic) bond motifs is 1. The number of aliphatic hydroxyl groups is 4. The zero-order valence-corrected chi connectivity index (χ0v) is 74.2. The van der Waals surface area contributed by atoms with E-state index in [0.29, 0.717) is 149 Å². The highest BCUT2D eigenvalue weighted by molar-refractivity contribution is 5.49. The standard InChI is InChI=1S/C108H116N12O8/c1-101-45-33-89-85-29-21-81-53-69(85)17-25-93(89)97(101)37-49-105(101,121)41-9-10-42-106(122)50-38-98-94-26-18-70-54-82(22-30-86(70)90(94)34-46-102(98,106)2)126-66-78-62-119(115-110-78)59-75-15-7-8-16-76(75)60-120-64-80(112-116-120)68-128-84-24-32-88-72(56-84)20-28-96-92(88)36-48-104(4)100(96)40-52-108(104,124)44-12-11-43-107(123)51-39-99-95-27-19-71-55-83(23-31-87(71)91(95)35-47-103(99,107)3)127-67-79-63-118(114-111-79)58-74-14-6-5-13-73(74)57-117-61-77(65-125-81)109-113-117/h5-8,13-16,21-24,29-32,53-56,61-64,89-100,121-124H,17-20,25-28,33-40,45-52,57-60,65-68H2,1-4H3/t89-,90-,91-,92-,93-,94-,95-,96-,97+,98+,99+,100+,101+,102+,103+,104+,105+,106+,107+,108+/m1/s1. The van der Waals surface area contributed by atoms with Crippen LogP contribution in [0.25, 0.3) is 0 Å². The Morgan fingerprint density at radius 2 is 0.523 bits per heavy atom. The number of hydrogen-bond acceptors (Lipinski definition) is 16. The second-order valence-corrected chi connectivity index (χ2v) is 41.8. The van der Waals surface area contributed by atoms with Gasteiger partial charge in [0, 0.05) is 21.7 Å². The summed E-state index contributed by atoms with van der Waals surface area (Å²) in [7, 11) is 0. The minimum absolute atomic E-state index is 0.299. The molecular formula is C108H116N12O8. The van der Waals surface area contributed by atoms with Crippen molar-refractivity contribution in [3.05, 3.63) is 236 Å². The van der Waals surface area contributed by atoms with Gasteiger partial charge in [0.1, 0.15) is 94.6 Å². The first-order valence-corrected chi connectivity index (χ1v) is 47.9. The summed E-state index contributed by atoms with van der Waals surface area (Å²) in [6.45, 7) is 12.5. The van der Waals surface area contributed by atoms with E-state index in [4.69, 9.17) is 18.9 Å². The number of rotatable bonds is 0. The second kappa shape index (κ2) is 31.5. The Morgan fingerprint density at radius 3 is 0.758 bits per heavy atom. The van der Waals surface area contributed by atoms with Gasteiger partial charge in [-0.1, -0.05) is 145 Å². The predicted molar refractivity (Wildman–Crippen MR) is 482 cm³/mol. The van der Waals surface area contributed by atoms with Crippen molar-refractivity contribution >= 4 is 0 Å². The maximum absolute atomic E-state index is 12.7. The minimum atomic E-state index is -1.15. The van der Waals surface area contributed by atoms with E-state index in [0.717, 1.165) is 196 Å². The highest BCUT2D eigenvalue weighted by atomic mass is 16.5. The molecule has 0 amide bonds. The van der Waals surface area contributed by atoms with E-state index in [1.165, 1.54) is 44.5 Å². The van der Waals surface area contributed by atoms with Crippen LogP contribution in [0.5, 0.6) is 23.0 Å². The molecule has 8 saturated carbocycles. The topological polar surface area (TPSA) is 241 Å². The van der Waals surface area contributed by atoms with Crippen LogP contribution in [0.1, 0.15) is 269 Å². The van der Waals surface area contributed by atoms with Gasteiger partial charge in [-0.15, -0.1) is 20.4 Å². The summed E-state index contributed by atoms with van der Waals surface area (Å²) in [5, 5.41) is 87.2. The van der Waals surface area contributed by atoms with Crippen molar-refractivity contribution in [2.75, 3.05) is 0 Å². The van der Waals surface area contributed by atoms with Gasteiger partial charge in [0.2, 0.25) is 0 Å². The molecule has 4 N–H and O–H groups in total. The summed E-state index contributed by atoms with van der Waals surface area (Å²) in [6, 6.07) is 43.4. The number of aromatic nitrogens is 12. The molecule has 128 heavy (non-hydrogen) atoms. The fourth-order valence-corrected chi connectivity index (χ4v) is 29.0. The molecule has 0 unspecified atom stereocenters. The Bertz CT molecular complexity index is 5550. The molecule has 20 nitrogen and oxygen atoms in total. The lowest BCUT2D eigenvalue weighted by atomic mass is 9.53. The summed E-state index contributed by atoms with van der Waals surface area (Å²) in [5.74, 6) is 34.6. The summed E-state index contributed by atoms with van der Waals surface area (Å²) in [5.41, 5.74) is 12.5. The van der Waals surface area contributed by atoms with E-state index < -0.39 is 22.4 Å². The zero-order valence-electron chi connectivity index (χ0n) is 74.2. The summed E-state index contributed by atoms with van der Waals surface area (Å²) >= 11 is 0. The highest BCUT2D eigenvalue weighted by Gasteiger charge is 2.66. The summed E-state index contributed by atoms with van der Waals surface area (Å²) < 4.78 is 33.4. The van der Waals surface area contributed by atoms with E-state index in [-0.39, 0.29) is 21.7 Å². The van der Waals surface area contributed by atoms with E-state index >= 15 is 0 Å². The minimum Gasteiger partial charge on any atom is -0.487 e. The normalized spacial score (nSPS) is 34.7. The van der Waals surface area contributed by atoms with Crippen molar-refractivity contribution in [3.63, 3.8) is 0 Å². The maximum atomic E-state index is 12.7. The largest absolute Gasteiger partial charge is 0.487 e. The third kappa shape index (κ3) is 13.9. The van der Waals surface area contributed by atoms with Crippen molar-refractivity contribution in [1.82, 2.24) is 60.0 Å². The van der Waals surface area contributed by atoms with E-state index in [2.05, 4.69) is 238 Å². The average Bonchev–Trinajstić information content (AvgIpc) is 1.55. The van der Waals surface area contributed by atoms with Crippen LogP contribution < -0.4 is 18.9 Å². The average molecular weight is 1710 g/mol. The van der Waals surface area contributed by atoms with Crippen molar-refractivity contribution < 1.29 is 39.4 Å². The second-order valence-electron chi connectivity index (χ2n) is 41.8. The lowest BCUT2D eigenvalue weighted by molar-refractivity contribution is -0.0651. The number of hydrogen-bond donors (Lipinski definition) is 4. The van der Waals surface area contributed by atoms with Crippen LogP contribution in [0.2, 0.25) is 0 Å². The molecule has 0 radical (unpaired) electrons. The van der Waals surface area contributed by atoms with Crippen LogP contribution in [-0.4, -0.2) is 103 Å². The van der Waals surface area contributed by atoms with Crippen LogP contribution >= 0.6 is 0 Å². The Labute approximate surface area is 750 Å². The number of ether oxygens (including phenoxy) is 4. The predicted octanol–water partition coefficient (Wildman–Crippen LogP) is 16.6.